The summed E-state index contributed by atoms with van der Waals surface area (Å²) in [6, 6.07) is 16.8. The quantitative estimate of drug-likeness (QED) is 0.680. The predicted molar refractivity (Wildman–Crippen MR) is 91.4 cm³/mol. The van der Waals surface area contributed by atoms with Crippen LogP contribution in [0.3, 0.4) is 0 Å². The van der Waals surface area contributed by atoms with Crippen molar-refractivity contribution < 1.29 is 14.3 Å². The van der Waals surface area contributed by atoms with Gasteiger partial charge in [-0.3, -0.25) is 15.0 Å². The summed E-state index contributed by atoms with van der Waals surface area (Å²) >= 11 is 0. The molecule has 0 bridgehead atoms. The lowest BCUT2D eigenvalue weighted by atomic mass is 10.1. The predicted octanol–water partition coefficient (Wildman–Crippen LogP) is 2.83. The highest BCUT2D eigenvalue weighted by Gasteiger charge is 2.32. The van der Waals surface area contributed by atoms with Crippen LogP contribution in [0.2, 0.25) is 0 Å². The van der Waals surface area contributed by atoms with Gasteiger partial charge in [0.15, 0.2) is 0 Å². The number of methoxy groups -OCH3 is 1. The van der Waals surface area contributed by atoms with E-state index in [2.05, 4.69) is 5.32 Å². The molecule has 1 aliphatic heterocycles. The molecular weight excluding hydrogens is 304 g/mol. The number of nitrogens with one attached hydrogen (secondary N) is 1. The van der Waals surface area contributed by atoms with Crippen LogP contribution in [-0.4, -0.2) is 30.5 Å². The van der Waals surface area contributed by atoms with E-state index in [1.807, 2.05) is 54.6 Å². The zero-order valence-electron chi connectivity index (χ0n) is 13.4. The first kappa shape index (κ1) is 15.8. The largest absolute Gasteiger partial charge is 0.497 e. The molecule has 1 saturated heterocycles. The molecule has 0 atom stereocenters. The average Bonchev–Trinajstić information content (AvgIpc) is 2.88. The van der Waals surface area contributed by atoms with Crippen LogP contribution < -0.4 is 10.1 Å². The van der Waals surface area contributed by atoms with Crippen LogP contribution in [0.1, 0.15) is 11.1 Å². The van der Waals surface area contributed by atoms with E-state index in [0.717, 1.165) is 16.9 Å². The first-order valence-electron chi connectivity index (χ1n) is 7.70. The Morgan fingerprint density at radius 2 is 1.75 bits per heavy atom. The van der Waals surface area contributed by atoms with E-state index in [0.29, 0.717) is 18.7 Å². The molecule has 0 aliphatic carbocycles. The average molecular weight is 322 g/mol. The molecular formula is C19H18N2O3. The molecule has 1 fully saturated rings. The molecule has 1 aliphatic rings. The highest BCUT2D eigenvalue weighted by Crippen LogP contribution is 2.19. The summed E-state index contributed by atoms with van der Waals surface area (Å²) < 4.78 is 5.12. The number of carbonyl (C=O) groups excluding carboxylic acids is 2. The Labute approximate surface area is 140 Å². The zero-order valence-corrected chi connectivity index (χ0v) is 13.4. The highest BCUT2D eigenvalue weighted by atomic mass is 16.5. The standard InChI is InChI=1S/C19H18N2O3/c1-24-16-9-7-15(8-10-16)13-17-18(22)20-19(23)21(17)12-11-14-5-3-2-4-6-14/h2-10,13H,11-12H2,1H3,(H,20,22,23)/b17-13+. The topological polar surface area (TPSA) is 58.6 Å². The van der Waals surface area contributed by atoms with Crippen LogP contribution in [-0.2, 0) is 11.2 Å². The van der Waals surface area contributed by atoms with E-state index in [9.17, 15) is 9.59 Å². The van der Waals surface area contributed by atoms with Crippen LogP contribution in [0.25, 0.3) is 6.08 Å². The SMILES string of the molecule is COc1ccc(/C=C2\C(=O)NC(=O)N2CCc2ccccc2)cc1. The summed E-state index contributed by atoms with van der Waals surface area (Å²) in [6.45, 7) is 0.448. The van der Waals surface area contributed by atoms with E-state index in [4.69, 9.17) is 4.74 Å². The van der Waals surface area contributed by atoms with Gasteiger partial charge in [-0.1, -0.05) is 42.5 Å². The zero-order chi connectivity index (χ0) is 16.9. The number of rotatable bonds is 5. The second-order valence-corrected chi connectivity index (χ2v) is 5.45. The maximum Gasteiger partial charge on any atom is 0.329 e. The van der Waals surface area contributed by atoms with Crippen molar-refractivity contribution in [3.63, 3.8) is 0 Å². The molecule has 1 heterocycles. The lowest BCUT2D eigenvalue weighted by Gasteiger charge is -2.15. The van der Waals surface area contributed by atoms with Gasteiger partial charge in [0.1, 0.15) is 11.4 Å². The number of amides is 3. The molecule has 0 aromatic heterocycles. The number of ether oxygens (including phenoxy) is 1. The summed E-state index contributed by atoms with van der Waals surface area (Å²) in [7, 11) is 1.60. The van der Waals surface area contributed by atoms with Gasteiger partial charge >= 0.3 is 6.03 Å². The van der Waals surface area contributed by atoms with Crippen molar-refractivity contribution in [3.8, 4) is 5.75 Å². The summed E-state index contributed by atoms with van der Waals surface area (Å²) in [5.41, 5.74) is 2.31. The fourth-order valence-corrected chi connectivity index (χ4v) is 2.57. The smallest absolute Gasteiger partial charge is 0.329 e. The van der Waals surface area contributed by atoms with Gasteiger partial charge in [0.05, 0.1) is 7.11 Å². The number of hydrogen-bond acceptors (Lipinski definition) is 3. The molecule has 0 unspecified atom stereocenters. The second kappa shape index (κ2) is 7.00. The Bertz CT molecular complexity index is 767. The number of imide groups is 1. The maximum atomic E-state index is 12.1. The van der Waals surface area contributed by atoms with E-state index in [1.54, 1.807) is 13.2 Å². The minimum Gasteiger partial charge on any atom is -0.497 e. The molecule has 0 spiro atoms. The summed E-state index contributed by atoms with van der Waals surface area (Å²) in [6.07, 6.45) is 2.39. The number of urea groups is 1. The molecule has 2 aromatic rings. The molecule has 3 amide bonds. The van der Waals surface area contributed by atoms with Crippen molar-refractivity contribution >= 4 is 18.0 Å². The summed E-state index contributed by atoms with van der Waals surface area (Å²) in [4.78, 5) is 25.6. The van der Waals surface area contributed by atoms with Crippen molar-refractivity contribution in [1.82, 2.24) is 10.2 Å². The molecule has 0 saturated carbocycles. The van der Waals surface area contributed by atoms with Crippen molar-refractivity contribution in [3.05, 3.63) is 71.4 Å². The minimum absolute atomic E-state index is 0.362. The molecule has 5 heteroatoms. The van der Waals surface area contributed by atoms with E-state index >= 15 is 0 Å². The highest BCUT2D eigenvalue weighted by molar-refractivity contribution is 6.13. The molecule has 122 valence electrons. The van der Waals surface area contributed by atoms with Gasteiger partial charge < -0.3 is 4.74 Å². The van der Waals surface area contributed by atoms with Crippen LogP contribution in [0.15, 0.2) is 60.3 Å². The first-order chi connectivity index (χ1) is 11.7. The Kier molecular flexibility index (Phi) is 4.61. The molecule has 3 rings (SSSR count). The van der Waals surface area contributed by atoms with Gasteiger partial charge in [-0.25, -0.2) is 4.79 Å². The Morgan fingerprint density at radius 3 is 2.42 bits per heavy atom. The molecule has 2 aromatic carbocycles. The van der Waals surface area contributed by atoms with Gasteiger partial charge in [0, 0.05) is 6.54 Å². The monoisotopic (exact) mass is 322 g/mol. The Morgan fingerprint density at radius 1 is 1.04 bits per heavy atom. The van der Waals surface area contributed by atoms with Gasteiger partial charge in [0.25, 0.3) is 5.91 Å². The minimum atomic E-state index is -0.379. The van der Waals surface area contributed by atoms with E-state index in [1.165, 1.54) is 4.90 Å². The molecule has 5 nitrogen and oxygen atoms in total. The number of benzene rings is 2. The third-order valence-electron chi connectivity index (χ3n) is 3.88. The van der Waals surface area contributed by atoms with Crippen molar-refractivity contribution in [2.75, 3.05) is 13.7 Å². The first-order valence-corrected chi connectivity index (χ1v) is 7.70. The normalized spacial score (nSPS) is 15.7. The van der Waals surface area contributed by atoms with E-state index in [-0.39, 0.29) is 11.9 Å². The van der Waals surface area contributed by atoms with Gasteiger partial charge in [-0.05, 0) is 35.8 Å². The van der Waals surface area contributed by atoms with Crippen molar-refractivity contribution in [2.24, 2.45) is 0 Å². The van der Waals surface area contributed by atoms with Crippen LogP contribution >= 0.6 is 0 Å². The lowest BCUT2D eigenvalue weighted by molar-refractivity contribution is -0.116. The van der Waals surface area contributed by atoms with Crippen LogP contribution in [0.4, 0.5) is 4.79 Å². The summed E-state index contributed by atoms with van der Waals surface area (Å²) in [5.74, 6) is 0.369. The van der Waals surface area contributed by atoms with Crippen LogP contribution in [0.5, 0.6) is 5.75 Å². The molecule has 0 radical (unpaired) electrons. The second-order valence-electron chi connectivity index (χ2n) is 5.45. The maximum absolute atomic E-state index is 12.1. The fourth-order valence-electron chi connectivity index (χ4n) is 2.57. The van der Waals surface area contributed by atoms with E-state index < -0.39 is 0 Å². The lowest BCUT2D eigenvalue weighted by Crippen LogP contribution is -2.29. The Hall–Kier alpha value is -3.08. The molecule has 24 heavy (non-hydrogen) atoms. The number of nitrogens with zero attached hydrogens (tertiary/aromatic N) is 1. The number of carbonyl (C=O) groups is 2. The Balaban J connectivity index is 1.79. The van der Waals surface area contributed by atoms with Gasteiger partial charge in [-0.15, -0.1) is 0 Å². The van der Waals surface area contributed by atoms with Crippen molar-refractivity contribution in [2.45, 2.75) is 6.42 Å². The van der Waals surface area contributed by atoms with Crippen LogP contribution in [0, 0.1) is 0 Å². The molecule has 1 N–H and O–H groups in total. The fraction of sp³-hybridized carbons (Fsp3) is 0.158. The van der Waals surface area contributed by atoms with Gasteiger partial charge in [0.2, 0.25) is 0 Å². The van der Waals surface area contributed by atoms with Crippen molar-refractivity contribution in [1.29, 1.82) is 0 Å². The number of hydrogen-bond donors (Lipinski definition) is 1. The third kappa shape index (κ3) is 3.46. The third-order valence-corrected chi connectivity index (χ3v) is 3.88. The van der Waals surface area contributed by atoms with Gasteiger partial charge in [-0.2, -0.15) is 0 Å². The summed E-state index contributed by atoms with van der Waals surface area (Å²) in [5, 5.41) is 2.35.